The van der Waals surface area contributed by atoms with Crippen molar-refractivity contribution >= 4 is 46.2 Å². The number of nitrogens with zero attached hydrogens (tertiary/aromatic N) is 2. The number of fused-ring (bicyclic) bond motifs is 1. The van der Waals surface area contributed by atoms with Crippen LogP contribution in [0.4, 0.5) is 5.69 Å². The molecule has 0 aliphatic heterocycles. The zero-order valence-corrected chi connectivity index (χ0v) is 17.5. The van der Waals surface area contributed by atoms with E-state index in [0.29, 0.717) is 16.7 Å². The lowest BCUT2D eigenvalue weighted by Gasteiger charge is -2.17. The van der Waals surface area contributed by atoms with Crippen molar-refractivity contribution in [2.75, 3.05) is 11.9 Å². The van der Waals surface area contributed by atoms with Crippen LogP contribution in [0.1, 0.15) is 16.1 Å². The Labute approximate surface area is 186 Å². The van der Waals surface area contributed by atoms with Crippen molar-refractivity contribution < 1.29 is 23.5 Å². The van der Waals surface area contributed by atoms with Gasteiger partial charge in [-0.15, -0.1) is 0 Å². The van der Waals surface area contributed by atoms with Crippen LogP contribution in [0.5, 0.6) is 0 Å². The minimum atomic E-state index is -1.01. The average Bonchev–Trinajstić information content (AvgIpc) is 3.50. The number of hydrogen-bond donors (Lipinski definition) is 2. The molecule has 0 aliphatic rings. The summed E-state index contributed by atoms with van der Waals surface area (Å²) in [6, 6.07) is 16.4. The molecule has 9 nitrogen and oxygen atoms in total. The number of aromatic nitrogens is 2. The molecule has 0 fully saturated rings. The molecule has 2 N–H and O–H groups in total. The number of ether oxygens (including phenoxy) is 1. The van der Waals surface area contributed by atoms with Crippen molar-refractivity contribution in [3.8, 4) is 0 Å². The molecule has 0 aliphatic carbocycles. The monoisotopic (exact) mass is 450 g/mol. The fourth-order valence-electron chi connectivity index (χ4n) is 3.01. The maximum atomic E-state index is 12.7. The SMILES string of the molecule is O=C(COC(=O)[C@H](Cc1ccccc1)NC(=O)c1ccco1)Nc1cccc2nsnc12. The number of amides is 2. The fourth-order valence-corrected chi connectivity index (χ4v) is 3.56. The Bertz CT molecular complexity index is 1220. The normalized spacial score (nSPS) is 11.6. The second-order valence-electron chi connectivity index (χ2n) is 6.79. The summed E-state index contributed by atoms with van der Waals surface area (Å²) in [6.45, 7) is -0.519. The number of carbonyl (C=O) groups excluding carboxylic acids is 3. The minimum Gasteiger partial charge on any atom is -0.459 e. The predicted octanol–water partition coefficient (Wildman–Crippen LogP) is 2.81. The van der Waals surface area contributed by atoms with Crippen molar-refractivity contribution in [3.05, 3.63) is 78.3 Å². The van der Waals surface area contributed by atoms with E-state index < -0.39 is 30.4 Å². The van der Waals surface area contributed by atoms with Gasteiger partial charge in [0.2, 0.25) is 0 Å². The number of carbonyl (C=O) groups is 3. The van der Waals surface area contributed by atoms with Crippen molar-refractivity contribution in [3.63, 3.8) is 0 Å². The largest absolute Gasteiger partial charge is 0.459 e. The topological polar surface area (TPSA) is 123 Å². The van der Waals surface area contributed by atoms with Gasteiger partial charge in [0.05, 0.1) is 23.7 Å². The first kappa shape index (κ1) is 21.2. The van der Waals surface area contributed by atoms with Crippen LogP contribution in [-0.2, 0) is 20.7 Å². The van der Waals surface area contributed by atoms with Gasteiger partial charge in [-0.05, 0) is 29.8 Å². The summed E-state index contributed by atoms with van der Waals surface area (Å²) in [6.07, 6.45) is 1.56. The number of anilines is 1. The van der Waals surface area contributed by atoms with E-state index >= 15 is 0 Å². The Morgan fingerprint density at radius 1 is 1.00 bits per heavy atom. The predicted molar refractivity (Wildman–Crippen MR) is 117 cm³/mol. The molecule has 2 amide bonds. The lowest BCUT2D eigenvalue weighted by Crippen LogP contribution is -2.44. The van der Waals surface area contributed by atoms with E-state index in [1.165, 1.54) is 12.3 Å². The Morgan fingerprint density at radius 2 is 1.84 bits per heavy atom. The molecule has 0 unspecified atom stereocenters. The number of rotatable bonds is 8. The number of furan rings is 1. The molecule has 0 saturated carbocycles. The standard InChI is InChI=1S/C22H18N4O5S/c27-19(23-15-8-4-9-16-20(15)26-32-25-16)13-31-22(29)17(12-14-6-2-1-3-7-14)24-21(28)18-10-5-11-30-18/h1-11,17H,12-13H2,(H,23,27)(H,24,28)/t17-/m0/s1. The number of hydrogen-bond acceptors (Lipinski definition) is 8. The summed E-state index contributed by atoms with van der Waals surface area (Å²) in [5.74, 6) is -1.76. The number of benzene rings is 2. The molecular weight excluding hydrogens is 432 g/mol. The third kappa shape index (κ3) is 5.16. The summed E-state index contributed by atoms with van der Waals surface area (Å²) < 4.78 is 18.5. The molecule has 32 heavy (non-hydrogen) atoms. The maximum absolute atomic E-state index is 12.7. The van der Waals surface area contributed by atoms with E-state index in [1.54, 1.807) is 24.3 Å². The zero-order valence-electron chi connectivity index (χ0n) is 16.7. The van der Waals surface area contributed by atoms with Gasteiger partial charge in [-0.2, -0.15) is 8.75 Å². The van der Waals surface area contributed by atoms with Gasteiger partial charge in [0.1, 0.15) is 17.1 Å². The molecule has 162 valence electrons. The third-order valence-corrected chi connectivity index (χ3v) is 5.07. The van der Waals surface area contributed by atoms with Crippen LogP contribution in [0.25, 0.3) is 11.0 Å². The van der Waals surface area contributed by atoms with Crippen LogP contribution in [0.3, 0.4) is 0 Å². The molecule has 2 heterocycles. The molecule has 0 saturated heterocycles. The first-order chi connectivity index (χ1) is 15.6. The van der Waals surface area contributed by atoms with E-state index in [1.807, 2.05) is 30.3 Å². The van der Waals surface area contributed by atoms with Crippen LogP contribution in [-0.4, -0.2) is 39.2 Å². The molecule has 0 radical (unpaired) electrons. The Balaban J connectivity index is 1.40. The molecule has 0 bridgehead atoms. The lowest BCUT2D eigenvalue weighted by molar-refractivity contribution is -0.149. The molecule has 2 aromatic carbocycles. The highest BCUT2D eigenvalue weighted by Crippen LogP contribution is 2.21. The maximum Gasteiger partial charge on any atom is 0.329 e. The summed E-state index contributed by atoms with van der Waals surface area (Å²) in [4.78, 5) is 37.4. The first-order valence-electron chi connectivity index (χ1n) is 9.66. The van der Waals surface area contributed by atoms with Crippen molar-refractivity contribution in [2.45, 2.75) is 12.5 Å². The summed E-state index contributed by atoms with van der Waals surface area (Å²) >= 11 is 1.04. The van der Waals surface area contributed by atoms with Crippen LogP contribution in [0.2, 0.25) is 0 Å². The summed E-state index contributed by atoms with van der Waals surface area (Å²) in [7, 11) is 0. The van der Waals surface area contributed by atoms with Crippen LogP contribution >= 0.6 is 11.7 Å². The number of nitrogens with one attached hydrogen (secondary N) is 2. The molecular formula is C22H18N4O5S. The third-order valence-electron chi connectivity index (χ3n) is 4.52. The van der Waals surface area contributed by atoms with Gasteiger partial charge in [-0.25, -0.2) is 4.79 Å². The van der Waals surface area contributed by atoms with Gasteiger partial charge in [0.15, 0.2) is 12.4 Å². The Morgan fingerprint density at radius 3 is 2.62 bits per heavy atom. The molecule has 0 spiro atoms. The summed E-state index contributed by atoms with van der Waals surface area (Å²) in [5, 5.41) is 5.27. The van der Waals surface area contributed by atoms with E-state index in [4.69, 9.17) is 9.15 Å². The van der Waals surface area contributed by atoms with Crippen LogP contribution in [0, 0.1) is 0 Å². The van der Waals surface area contributed by atoms with Gasteiger partial charge < -0.3 is 19.8 Å². The molecule has 1 atom stereocenters. The van der Waals surface area contributed by atoms with E-state index in [2.05, 4.69) is 19.4 Å². The highest BCUT2D eigenvalue weighted by molar-refractivity contribution is 7.00. The zero-order chi connectivity index (χ0) is 22.3. The highest BCUT2D eigenvalue weighted by atomic mass is 32.1. The Kier molecular flexibility index (Phi) is 6.52. The summed E-state index contributed by atoms with van der Waals surface area (Å²) in [5.41, 5.74) is 2.52. The van der Waals surface area contributed by atoms with Crippen LogP contribution < -0.4 is 10.6 Å². The van der Waals surface area contributed by atoms with E-state index in [0.717, 1.165) is 17.3 Å². The van der Waals surface area contributed by atoms with Crippen LogP contribution in [0.15, 0.2) is 71.3 Å². The quantitative estimate of drug-likeness (QED) is 0.396. The first-order valence-corrected chi connectivity index (χ1v) is 10.4. The van der Waals surface area contributed by atoms with E-state index in [-0.39, 0.29) is 12.2 Å². The smallest absolute Gasteiger partial charge is 0.329 e. The minimum absolute atomic E-state index is 0.0681. The van der Waals surface area contributed by atoms with Gasteiger partial charge in [0.25, 0.3) is 11.8 Å². The van der Waals surface area contributed by atoms with E-state index in [9.17, 15) is 14.4 Å². The molecule has 4 aromatic rings. The molecule has 4 rings (SSSR count). The van der Waals surface area contributed by atoms with Crippen molar-refractivity contribution in [1.82, 2.24) is 14.1 Å². The lowest BCUT2D eigenvalue weighted by atomic mass is 10.1. The molecule has 2 aromatic heterocycles. The van der Waals surface area contributed by atoms with Gasteiger partial charge in [-0.3, -0.25) is 9.59 Å². The molecule has 10 heteroatoms. The fraction of sp³-hybridized carbons (Fsp3) is 0.136. The highest BCUT2D eigenvalue weighted by Gasteiger charge is 2.25. The van der Waals surface area contributed by atoms with Gasteiger partial charge in [-0.1, -0.05) is 36.4 Å². The second-order valence-corrected chi connectivity index (χ2v) is 7.31. The average molecular weight is 450 g/mol. The second kappa shape index (κ2) is 9.84. The number of esters is 1. The van der Waals surface area contributed by atoms with Gasteiger partial charge >= 0.3 is 5.97 Å². The Hall–Kier alpha value is -4.05. The van der Waals surface area contributed by atoms with Crippen molar-refractivity contribution in [2.24, 2.45) is 0 Å². The van der Waals surface area contributed by atoms with Crippen molar-refractivity contribution in [1.29, 1.82) is 0 Å². The van der Waals surface area contributed by atoms with Gasteiger partial charge in [0, 0.05) is 6.42 Å².